The van der Waals surface area contributed by atoms with Crippen LogP contribution in [0.1, 0.15) is 18.4 Å². The molecule has 0 unspecified atom stereocenters. The van der Waals surface area contributed by atoms with Gasteiger partial charge in [0.05, 0.1) is 17.1 Å². The van der Waals surface area contributed by atoms with E-state index in [1.54, 1.807) is 23.1 Å². The van der Waals surface area contributed by atoms with E-state index in [1.165, 1.54) is 0 Å². The molecule has 2 amide bonds. The van der Waals surface area contributed by atoms with Crippen LogP contribution < -0.4 is 10.2 Å². The Hall–Kier alpha value is -2.79. The van der Waals surface area contributed by atoms with Gasteiger partial charge in [-0.3, -0.25) is 9.59 Å². The van der Waals surface area contributed by atoms with Crippen molar-refractivity contribution in [1.29, 1.82) is 0 Å². The molecule has 0 atom stereocenters. The van der Waals surface area contributed by atoms with Crippen LogP contribution in [0.2, 0.25) is 5.02 Å². The van der Waals surface area contributed by atoms with Crippen molar-refractivity contribution in [2.45, 2.75) is 19.3 Å². The molecule has 1 aliphatic heterocycles. The van der Waals surface area contributed by atoms with Crippen LogP contribution in [0.5, 0.6) is 0 Å². The SMILES string of the molecule is O=C(Cc1c[nH]c2ccccc12)Nc1ccc(N2CCCC2=O)c(Cl)c1. The van der Waals surface area contributed by atoms with Gasteiger partial charge in [0, 0.05) is 35.8 Å². The number of carbonyl (C=O) groups excluding carboxylic acids is 2. The molecule has 26 heavy (non-hydrogen) atoms. The third-order valence-electron chi connectivity index (χ3n) is 4.62. The van der Waals surface area contributed by atoms with Crippen molar-refractivity contribution < 1.29 is 9.59 Å². The first-order valence-corrected chi connectivity index (χ1v) is 8.94. The highest BCUT2D eigenvalue weighted by atomic mass is 35.5. The van der Waals surface area contributed by atoms with E-state index < -0.39 is 0 Å². The Morgan fingerprint density at radius 2 is 2.08 bits per heavy atom. The fraction of sp³-hybridized carbons (Fsp3) is 0.200. The van der Waals surface area contributed by atoms with Gasteiger partial charge in [-0.1, -0.05) is 29.8 Å². The van der Waals surface area contributed by atoms with Crippen molar-refractivity contribution in [2.75, 3.05) is 16.8 Å². The second-order valence-electron chi connectivity index (χ2n) is 6.40. The quantitative estimate of drug-likeness (QED) is 0.728. The van der Waals surface area contributed by atoms with Crippen LogP contribution in [0.4, 0.5) is 11.4 Å². The molecule has 0 aliphatic carbocycles. The monoisotopic (exact) mass is 367 g/mol. The van der Waals surface area contributed by atoms with Gasteiger partial charge in [-0.2, -0.15) is 0 Å². The van der Waals surface area contributed by atoms with Crippen LogP contribution in [0.15, 0.2) is 48.7 Å². The fourth-order valence-corrected chi connectivity index (χ4v) is 3.64. The molecule has 4 rings (SSSR count). The third-order valence-corrected chi connectivity index (χ3v) is 4.92. The van der Waals surface area contributed by atoms with E-state index >= 15 is 0 Å². The second kappa shape index (κ2) is 6.84. The molecule has 0 bridgehead atoms. The van der Waals surface area contributed by atoms with Crippen LogP contribution >= 0.6 is 11.6 Å². The lowest BCUT2D eigenvalue weighted by Crippen LogP contribution is -2.24. The lowest BCUT2D eigenvalue weighted by Gasteiger charge is -2.18. The Morgan fingerprint density at radius 1 is 1.23 bits per heavy atom. The molecule has 2 aromatic carbocycles. The first-order valence-electron chi connectivity index (χ1n) is 8.56. The van der Waals surface area contributed by atoms with Gasteiger partial charge < -0.3 is 15.2 Å². The Labute approximate surface area is 155 Å². The van der Waals surface area contributed by atoms with Gasteiger partial charge in [-0.15, -0.1) is 0 Å². The number of nitrogens with one attached hydrogen (secondary N) is 2. The van der Waals surface area contributed by atoms with E-state index in [0.29, 0.717) is 29.4 Å². The van der Waals surface area contributed by atoms with Gasteiger partial charge in [-0.05, 0) is 36.2 Å². The summed E-state index contributed by atoms with van der Waals surface area (Å²) in [7, 11) is 0. The van der Waals surface area contributed by atoms with Crippen LogP contribution in [0, 0.1) is 0 Å². The number of anilines is 2. The molecule has 3 aromatic rings. The van der Waals surface area contributed by atoms with Gasteiger partial charge >= 0.3 is 0 Å². The normalized spacial score (nSPS) is 14.2. The number of nitrogens with zero attached hydrogens (tertiary/aromatic N) is 1. The highest BCUT2D eigenvalue weighted by Crippen LogP contribution is 2.31. The first kappa shape index (κ1) is 16.7. The van der Waals surface area contributed by atoms with E-state index in [9.17, 15) is 9.59 Å². The van der Waals surface area contributed by atoms with Crippen molar-refractivity contribution in [3.63, 3.8) is 0 Å². The van der Waals surface area contributed by atoms with Crippen LogP contribution in [-0.2, 0) is 16.0 Å². The minimum Gasteiger partial charge on any atom is -0.361 e. The molecular formula is C20H18ClN3O2. The van der Waals surface area contributed by atoms with Gasteiger partial charge in [0.15, 0.2) is 0 Å². The largest absolute Gasteiger partial charge is 0.361 e. The molecule has 1 aromatic heterocycles. The molecule has 1 aliphatic rings. The summed E-state index contributed by atoms with van der Waals surface area (Å²) >= 11 is 6.33. The molecule has 2 N–H and O–H groups in total. The van der Waals surface area contributed by atoms with Crippen LogP contribution in [0.3, 0.4) is 0 Å². The summed E-state index contributed by atoms with van der Waals surface area (Å²) in [5.41, 5.74) is 3.28. The number of benzene rings is 2. The lowest BCUT2D eigenvalue weighted by atomic mass is 10.1. The summed E-state index contributed by atoms with van der Waals surface area (Å²) in [6.45, 7) is 0.685. The predicted molar refractivity (Wildman–Crippen MR) is 104 cm³/mol. The van der Waals surface area contributed by atoms with E-state index in [1.807, 2.05) is 30.5 Å². The zero-order valence-corrected chi connectivity index (χ0v) is 14.8. The van der Waals surface area contributed by atoms with E-state index in [4.69, 9.17) is 11.6 Å². The molecular weight excluding hydrogens is 350 g/mol. The van der Waals surface area contributed by atoms with Crippen molar-refractivity contribution in [3.8, 4) is 0 Å². The van der Waals surface area contributed by atoms with Gasteiger partial charge in [0.25, 0.3) is 0 Å². The number of para-hydroxylation sites is 1. The highest BCUT2D eigenvalue weighted by molar-refractivity contribution is 6.34. The van der Waals surface area contributed by atoms with Crippen molar-refractivity contribution in [2.24, 2.45) is 0 Å². The average molecular weight is 368 g/mol. The topological polar surface area (TPSA) is 65.2 Å². The fourth-order valence-electron chi connectivity index (χ4n) is 3.36. The second-order valence-corrected chi connectivity index (χ2v) is 6.81. The minimum absolute atomic E-state index is 0.0861. The summed E-state index contributed by atoms with van der Waals surface area (Å²) in [4.78, 5) is 29.1. The van der Waals surface area contributed by atoms with Gasteiger partial charge in [0.2, 0.25) is 11.8 Å². The zero-order chi connectivity index (χ0) is 18.1. The van der Waals surface area contributed by atoms with E-state index in [2.05, 4.69) is 10.3 Å². The van der Waals surface area contributed by atoms with Crippen molar-refractivity contribution in [1.82, 2.24) is 4.98 Å². The standard InChI is InChI=1S/C20H18ClN3O2/c21-16-11-14(7-8-18(16)24-9-3-6-20(24)26)23-19(25)10-13-12-22-17-5-2-1-4-15(13)17/h1-2,4-5,7-8,11-12,22H,3,6,9-10H2,(H,23,25). The highest BCUT2D eigenvalue weighted by Gasteiger charge is 2.23. The van der Waals surface area contributed by atoms with Gasteiger partial charge in [0.1, 0.15) is 0 Å². The van der Waals surface area contributed by atoms with Crippen molar-refractivity contribution in [3.05, 3.63) is 59.2 Å². The average Bonchev–Trinajstić information content (AvgIpc) is 3.22. The summed E-state index contributed by atoms with van der Waals surface area (Å²) in [6.07, 6.45) is 3.53. The maximum atomic E-state index is 12.4. The van der Waals surface area contributed by atoms with E-state index in [-0.39, 0.29) is 18.2 Å². The third kappa shape index (κ3) is 3.18. The number of aromatic amines is 1. The molecule has 132 valence electrons. The number of rotatable bonds is 4. The Balaban J connectivity index is 1.47. The smallest absolute Gasteiger partial charge is 0.228 e. The number of aromatic nitrogens is 1. The number of hydrogen-bond donors (Lipinski definition) is 2. The summed E-state index contributed by atoms with van der Waals surface area (Å²) in [6, 6.07) is 13.1. The number of H-pyrrole nitrogens is 1. The minimum atomic E-state index is -0.115. The number of carbonyl (C=O) groups is 2. The predicted octanol–water partition coefficient (Wildman–Crippen LogP) is 4.13. The zero-order valence-electron chi connectivity index (χ0n) is 14.1. The Kier molecular flexibility index (Phi) is 4.39. The number of fused-ring (bicyclic) bond motifs is 1. The van der Waals surface area contributed by atoms with Crippen LogP contribution in [-0.4, -0.2) is 23.3 Å². The molecule has 6 heteroatoms. The molecule has 0 spiro atoms. The molecule has 5 nitrogen and oxygen atoms in total. The van der Waals surface area contributed by atoms with E-state index in [0.717, 1.165) is 22.9 Å². The number of amides is 2. The maximum absolute atomic E-state index is 12.4. The van der Waals surface area contributed by atoms with Crippen LogP contribution in [0.25, 0.3) is 10.9 Å². The molecule has 1 saturated heterocycles. The molecule has 2 heterocycles. The number of halogens is 1. The molecule has 0 radical (unpaired) electrons. The molecule has 1 fully saturated rings. The lowest BCUT2D eigenvalue weighted by molar-refractivity contribution is -0.117. The molecule has 0 saturated carbocycles. The number of hydrogen-bond acceptors (Lipinski definition) is 2. The first-order chi connectivity index (χ1) is 12.6. The Morgan fingerprint density at radius 3 is 2.85 bits per heavy atom. The van der Waals surface area contributed by atoms with Gasteiger partial charge in [-0.25, -0.2) is 0 Å². The maximum Gasteiger partial charge on any atom is 0.228 e. The summed E-state index contributed by atoms with van der Waals surface area (Å²) in [5.74, 6) is -0.0289. The van der Waals surface area contributed by atoms with Crippen molar-refractivity contribution >= 4 is 45.7 Å². The summed E-state index contributed by atoms with van der Waals surface area (Å²) < 4.78 is 0. The summed E-state index contributed by atoms with van der Waals surface area (Å²) in [5, 5.41) is 4.38. The Bertz CT molecular complexity index is 996.